The SMILES string of the molecule is N#Cc1ccccc1OCCCSc1ccccc1F. The Bertz CT molecular complexity index is 609. The second-order valence-electron chi connectivity index (χ2n) is 4.09. The number of nitrogens with zero attached hydrogens (tertiary/aromatic N) is 1. The van der Waals surface area contributed by atoms with Gasteiger partial charge in [0.1, 0.15) is 17.6 Å². The highest BCUT2D eigenvalue weighted by atomic mass is 32.2. The van der Waals surface area contributed by atoms with E-state index in [1.807, 2.05) is 12.1 Å². The molecular formula is C16H14FNOS. The number of hydrogen-bond donors (Lipinski definition) is 0. The number of rotatable bonds is 6. The highest BCUT2D eigenvalue weighted by Crippen LogP contribution is 2.22. The molecule has 0 aliphatic heterocycles. The van der Waals surface area contributed by atoms with Crippen molar-refractivity contribution in [3.8, 4) is 11.8 Å². The maximum absolute atomic E-state index is 13.4. The van der Waals surface area contributed by atoms with Crippen molar-refractivity contribution < 1.29 is 9.13 Å². The van der Waals surface area contributed by atoms with E-state index in [2.05, 4.69) is 6.07 Å². The van der Waals surface area contributed by atoms with Crippen molar-refractivity contribution in [3.63, 3.8) is 0 Å². The summed E-state index contributed by atoms with van der Waals surface area (Å²) in [7, 11) is 0. The lowest BCUT2D eigenvalue weighted by molar-refractivity contribution is 0.318. The molecular weight excluding hydrogens is 273 g/mol. The van der Waals surface area contributed by atoms with Crippen molar-refractivity contribution in [3.05, 3.63) is 59.9 Å². The van der Waals surface area contributed by atoms with Gasteiger partial charge in [0.25, 0.3) is 0 Å². The maximum Gasteiger partial charge on any atom is 0.137 e. The summed E-state index contributed by atoms with van der Waals surface area (Å²) in [5.41, 5.74) is 0.536. The fourth-order valence-corrected chi connectivity index (χ4v) is 2.53. The van der Waals surface area contributed by atoms with Crippen LogP contribution in [0.4, 0.5) is 4.39 Å². The number of thioether (sulfide) groups is 1. The maximum atomic E-state index is 13.4. The lowest BCUT2D eigenvalue weighted by Crippen LogP contribution is -2.00. The van der Waals surface area contributed by atoms with Gasteiger partial charge < -0.3 is 4.74 Å². The van der Waals surface area contributed by atoms with E-state index in [0.29, 0.717) is 22.8 Å². The molecule has 0 saturated carbocycles. The Morgan fingerprint density at radius 2 is 1.85 bits per heavy atom. The minimum atomic E-state index is -0.187. The normalized spacial score (nSPS) is 10.0. The molecule has 0 aliphatic rings. The van der Waals surface area contributed by atoms with Crippen molar-refractivity contribution in [2.45, 2.75) is 11.3 Å². The lowest BCUT2D eigenvalue weighted by Gasteiger charge is -2.07. The third-order valence-electron chi connectivity index (χ3n) is 2.65. The number of nitriles is 1. The average molecular weight is 287 g/mol. The van der Waals surface area contributed by atoms with Gasteiger partial charge in [0.2, 0.25) is 0 Å². The van der Waals surface area contributed by atoms with Crippen LogP contribution >= 0.6 is 11.8 Å². The first-order valence-electron chi connectivity index (χ1n) is 6.30. The van der Waals surface area contributed by atoms with E-state index in [4.69, 9.17) is 10.00 Å². The monoisotopic (exact) mass is 287 g/mol. The summed E-state index contributed by atoms with van der Waals surface area (Å²) in [4.78, 5) is 0.657. The Kier molecular flexibility index (Phi) is 5.45. The fourth-order valence-electron chi connectivity index (χ4n) is 1.67. The second kappa shape index (κ2) is 7.56. The van der Waals surface area contributed by atoms with Crippen LogP contribution in [0, 0.1) is 17.1 Å². The smallest absolute Gasteiger partial charge is 0.137 e. The molecule has 0 bridgehead atoms. The number of benzene rings is 2. The number of ether oxygens (including phenoxy) is 1. The van der Waals surface area contributed by atoms with Crippen LogP contribution in [0.2, 0.25) is 0 Å². The number of halogens is 1. The van der Waals surface area contributed by atoms with Crippen LogP contribution in [-0.4, -0.2) is 12.4 Å². The van der Waals surface area contributed by atoms with Crippen molar-refractivity contribution in [1.82, 2.24) is 0 Å². The van der Waals surface area contributed by atoms with Gasteiger partial charge in [-0.05, 0) is 30.7 Å². The molecule has 2 nitrogen and oxygen atoms in total. The van der Waals surface area contributed by atoms with Gasteiger partial charge in [-0.1, -0.05) is 24.3 Å². The average Bonchev–Trinajstić information content (AvgIpc) is 2.49. The van der Waals surface area contributed by atoms with Crippen LogP contribution in [0.5, 0.6) is 5.75 Å². The Balaban J connectivity index is 1.75. The molecule has 2 aromatic rings. The molecule has 20 heavy (non-hydrogen) atoms. The van der Waals surface area contributed by atoms with E-state index in [1.165, 1.54) is 17.8 Å². The molecule has 2 aromatic carbocycles. The number of para-hydroxylation sites is 1. The molecule has 0 N–H and O–H groups in total. The molecule has 0 aromatic heterocycles. The highest BCUT2D eigenvalue weighted by molar-refractivity contribution is 7.99. The predicted molar refractivity (Wildman–Crippen MR) is 78.4 cm³/mol. The van der Waals surface area contributed by atoms with Crippen LogP contribution in [0.3, 0.4) is 0 Å². The molecule has 0 atom stereocenters. The van der Waals surface area contributed by atoms with Gasteiger partial charge >= 0.3 is 0 Å². The predicted octanol–water partition coefficient (Wildman–Crippen LogP) is 4.26. The van der Waals surface area contributed by atoms with Crippen molar-refractivity contribution >= 4 is 11.8 Å². The van der Waals surface area contributed by atoms with Gasteiger partial charge in [0, 0.05) is 10.6 Å². The molecule has 4 heteroatoms. The molecule has 0 saturated heterocycles. The third-order valence-corrected chi connectivity index (χ3v) is 3.78. The molecule has 0 heterocycles. The van der Waals surface area contributed by atoms with Crippen LogP contribution < -0.4 is 4.74 Å². The Morgan fingerprint density at radius 1 is 1.10 bits per heavy atom. The zero-order valence-corrected chi connectivity index (χ0v) is 11.7. The summed E-state index contributed by atoms with van der Waals surface area (Å²) in [5.74, 6) is 1.19. The molecule has 102 valence electrons. The van der Waals surface area contributed by atoms with Crippen LogP contribution in [-0.2, 0) is 0 Å². The van der Waals surface area contributed by atoms with E-state index in [1.54, 1.807) is 30.3 Å². The summed E-state index contributed by atoms with van der Waals surface area (Å²) < 4.78 is 18.9. The minimum absolute atomic E-state index is 0.187. The van der Waals surface area contributed by atoms with Gasteiger partial charge in [-0.15, -0.1) is 11.8 Å². The summed E-state index contributed by atoms with van der Waals surface area (Å²) in [6, 6.07) is 16.0. The third kappa shape index (κ3) is 4.01. The summed E-state index contributed by atoms with van der Waals surface area (Å²) in [5, 5.41) is 8.92. The standard InChI is InChI=1S/C16H14FNOS/c17-14-7-2-4-9-16(14)20-11-5-10-19-15-8-3-1-6-13(15)12-18/h1-4,6-9H,5,10-11H2. The van der Waals surface area contributed by atoms with E-state index in [9.17, 15) is 4.39 Å². The van der Waals surface area contributed by atoms with Gasteiger partial charge in [0.05, 0.1) is 12.2 Å². The topological polar surface area (TPSA) is 33.0 Å². The van der Waals surface area contributed by atoms with E-state index >= 15 is 0 Å². The fraction of sp³-hybridized carbons (Fsp3) is 0.188. The first-order chi connectivity index (χ1) is 9.81. The molecule has 0 unspecified atom stereocenters. The summed E-state index contributed by atoms with van der Waals surface area (Å²) in [6.45, 7) is 0.514. The molecule has 0 fully saturated rings. The molecule has 0 spiro atoms. The van der Waals surface area contributed by atoms with E-state index < -0.39 is 0 Å². The van der Waals surface area contributed by atoms with Crippen molar-refractivity contribution in [2.24, 2.45) is 0 Å². The Hall–Kier alpha value is -1.99. The zero-order chi connectivity index (χ0) is 14.2. The highest BCUT2D eigenvalue weighted by Gasteiger charge is 2.03. The lowest BCUT2D eigenvalue weighted by atomic mass is 10.2. The first-order valence-corrected chi connectivity index (χ1v) is 7.29. The van der Waals surface area contributed by atoms with Crippen molar-refractivity contribution in [2.75, 3.05) is 12.4 Å². The molecule has 0 radical (unpaired) electrons. The van der Waals surface area contributed by atoms with Gasteiger partial charge in [0.15, 0.2) is 0 Å². The molecule has 2 rings (SSSR count). The van der Waals surface area contributed by atoms with Gasteiger partial charge in [-0.2, -0.15) is 5.26 Å². The largest absolute Gasteiger partial charge is 0.492 e. The van der Waals surface area contributed by atoms with Crippen LogP contribution in [0.1, 0.15) is 12.0 Å². The first kappa shape index (κ1) is 14.4. The summed E-state index contributed by atoms with van der Waals surface area (Å²) >= 11 is 1.47. The van der Waals surface area contributed by atoms with E-state index in [0.717, 1.165) is 12.2 Å². The van der Waals surface area contributed by atoms with Crippen LogP contribution in [0.25, 0.3) is 0 Å². The second-order valence-corrected chi connectivity index (χ2v) is 5.23. The molecule has 0 aliphatic carbocycles. The number of hydrogen-bond acceptors (Lipinski definition) is 3. The summed E-state index contributed by atoms with van der Waals surface area (Å²) in [6.07, 6.45) is 0.790. The minimum Gasteiger partial charge on any atom is -0.492 e. The van der Waals surface area contributed by atoms with Gasteiger partial charge in [-0.25, -0.2) is 4.39 Å². The molecule has 0 amide bonds. The van der Waals surface area contributed by atoms with Gasteiger partial charge in [-0.3, -0.25) is 0 Å². The van der Waals surface area contributed by atoms with Crippen LogP contribution in [0.15, 0.2) is 53.4 Å². The Labute approximate surface area is 122 Å². The Morgan fingerprint density at radius 3 is 2.65 bits per heavy atom. The van der Waals surface area contributed by atoms with E-state index in [-0.39, 0.29) is 5.82 Å². The van der Waals surface area contributed by atoms with Crippen molar-refractivity contribution in [1.29, 1.82) is 5.26 Å². The zero-order valence-electron chi connectivity index (χ0n) is 10.9. The quantitative estimate of drug-likeness (QED) is 0.588.